The number of hydrogen-bond donors (Lipinski definition) is 1. The number of nitrogens with one attached hydrogen (secondary N) is 1. The summed E-state index contributed by atoms with van der Waals surface area (Å²) >= 11 is 3.04. The van der Waals surface area contributed by atoms with Gasteiger partial charge in [0.05, 0.1) is 10.4 Å². The monoisotopic (exact) mass is 445 g/mol. The molecule has 1 fully saturated rings. The van der Waals surface area contributed by atoms with Gasteiger partial charge in [-0.2, -0.15) is 0 Å². The highest BCUT2D eigenvalue weighted by molar-refractivity contribution is 7.17. The number of anilines is 1. The molecule has 2 aromatic rings. The maximum absolute atomic E-state index is 13.6. The molecule has 162 valence electrons. The Morgan fingerprint density at radius 3 is 2.53 bits per heavy atom. The zero-order valence-electron chi connectivity index (χ0n) is 18.3. The fourth-order valence-electron chi connectivity index (χ4n) is 4.38. The van der Waals surface area contributed by atoms with E-state index in [-0.39, 0.29) is 17.2 Å². The van der Waals surface area contributed by atoms with Crippen molar-refractivity contribution in [2.24, 2.45) is 11.3 Å². The van der Waals surface area contributed by atoms with Crippen LogP contribution in [0.2, 0.25) is 0 Å². The van der Waals surface area contributed by atoms with E-state index in [1.54, 1.807) is 11.3 Å². The number of amides is 2. The number of rotatable bonds is 3. The number of carbonyl (C=O) groups is 2. The molecular formula is C23H31N3O2S2. The van der Waals surface area contributed by atoms with Crippen molar-refractivity contribution in [2.45, 2.75) is 40.0 Å². The molecule has 0 spiro atoms. The van der Waals surface area contributed by atoms with E-state index in [0.717, 1.165) is 56.0 Å². The lowest BCUT2D eigenvalue weighted by molar-refractivity contribution is 0.0664. The molecule has 1 saturated heterocycles. The van der Waals surface area contributed by atoms with Crippen LogP contribution in [-0.4, -0.2) is 54.8 Å². The largest absolute Gasteiger partial charge is 0.336 e. The van der Waals surface area contributed by atoms with Gasteiger partial charge in [0.25, 0.3) is 11.8 Å². The summed E-state index contributed by atoms with van der Waals surface area (Å²) in [6, 6.07) is 3.70. The third-order valence-electron chi connectivity index (χ3n) is 6.47. The van der Waals surface area contributed by atoms with E-state index in [0.29, 0.717) is 10.8 Å². The third-order valence-corrected chi connectivity index (χ3v) is 8.50. The van der Waals surface area contributed by atoms with Crippen LogP contribution in [0.1, 0.15) is 57.7 Å². The van der Waals surface area contributed by atoms with E-state index in [2.05, 4.69) is 38.0 Å². The van der Waals surface area contributed by atoms with Gasteiger partial charge in [-0.15, -0.1) is 22.7 Å². The van der Waals surface area contributed by atoms with Crippen molar-refractivity contribution in [1.82, 2.24) is 9.80 Å². The quantitative estimate of drug-likeness (QED) is 0.751. The number of nitrogens with zero attached hydrogens (tertiary/aromatic N) is 2. The zero-order chi connectivity index (χ0) is 21.5. The van der Waals surface area contributed by atoms with Crippen LogP contribution in [0.3, 0.4) is 0 Å². The van der Waals surface area contributed by atoms with Gasteiger partial charge in [-0.3, -0.25) is 9.59 Å². The molecule has 0 saturated carbocycles. The number of fused-ring (bicyclic) bond motifs is 1. The summed E-state index contributed by atoms with van der Waals surface area (Å²) in [6.07, 6.45) is 2.99. The SMILES string of the molecule is CN1CCN(C(=O)c2c(NC(=O)c3cccs3)sc3c2CCC(C(C)(C)C)C3)CC1. The maximum atomic E-state index is 13.6. The summed E-state index contributed by atoms with van der Waals surface area (Å²) in [7, 11) is 2.09. The first kappa shape index (κ1) is 21.5. The smallest absolute Gasteiger partial charge is 0.266 e. The van der Waals surface area contributed by atoms with Gasteiger partial charge in [-0.1, -0.05) is 26.8 Å². The highest BCUT2D eigenvalue weighted by Gasteiger charge is 2.35. The van der Waals surface area contributed by atoms with Crippen molar-refractivity contribution in [3.63, 3.8) is 0 Å². The van der Waals surface area contributed by atoms with Gasteiger partial charge in [0.2, 0.25) is 0 Å². The Morgan fingerprint density at radius 2 is 1.90 bits per heavy atom. The second kappa shape index (κ2) is 8.44. The van der Waals surface area contributed by atoms with E-state index in [9.17, 15) is 9.59 Å². The molecule has 2 aromatic heterocycles. The van der Waals surface area contributed by atoms with Gasteiger partial charge in [-0.05, 0) is 54.7 Å². The Bertz CT molecular complexity index is 919. The van der Waals surface area contributed by atoms with Gasteiger partial charge >= 0.3 is 0 Å². The molecule has 2 aliphatic rings. The molecule has 1 unspecified atom stereocenters. The topological polar surface area (TPSA) is 52.6 Å². The van der Waals surface area contributed by atoms with E-state index in [1.807, 2.05) is 22.4 Å². The van der Waals surface area contributed by atoms with Crippen LogP contribution < -0.4 is 5.32 Å². The van der Waals surface area contributed by atoms with Gasteiger partial charge in [0.1, 0.15) is 5.00 Å². The molecule has 2 amide bonds. The minimum atomic E-state index is -0.122. The second-order valence-corrected chi connectivity index (χ2v) is 11.6. The minimum absolute atomic E-state index is 0.0799. The molecule has 1 aliphatic carbocycles. The summed E-state index contributed by atoms with van der Waals surface area (Å²) in [5, 5.41) is 5.72. The Morgan fingerprint density at radius 1 is 1.17 bits per heavy atom. The van der Waals surface area contributed by atoms with Crippen LogP contribution in [0.5, 0.6) is 0 Å². The normalized spacial score (nSPS) is 20.1. The van der Waals surface area contributed by atoms with Crippen molar-refractivity contribution in [2.75, 3.05) is 38.5 Å². The summed E-state index contributed by atoms with van der Waals surface area (Å²) in [5.74, 6) is 0.552. The van der Waals surface area contributed by atoms with Crippen LogP contribution in [0.4, 0.5) is 5.00 Å². The van der Waals surface area contributed by atoms with Crippen LogP contribution in [0.15, 0.2) is 17.5 Å². The predicted octanol–water partition coefficient (Wildman–Crippen LogP) is 4.60. The molecule has 7 heteroatoms. The molecule has 0 radical (unpaired) electrons. The average molecular weight is 446 g/mol. The molecule has 4 rings (SSSR count). The number of piperazine rings is 1. The van der Waals surface area contributed by atoms with E-state index >= 15 is 0 Å². The number of thiophene rings is 2. The first-order valence-electron chi connectivity index (χ1n) is 10.7. The Balaban J connectivity index is 1.66. The lowest BCUT2D eigenvalue weighted by atomic mass is 9.72. The number of likely N-dealkylation sites (N-methyl/N-ethyl adjacent to an activating group) is 1. The molecule has 1 atom stereocenters. The molecular weight excluding hydrogens is 414 g/mol. The molecule has 1 N–H and O–H groups in total. The van der Waals surface area contributed by atoms with Crippen molar-refractivity contribution in [1.29, 1.82) is 0 Å². The lowest BCUT2D eigenvalue weighted by Crippen LogP contribution is -2.47. The first-order valence-corrected chi connectivity index (χ1v) is 12.4. The highest BCUT2D eigenvalue weighted by atomic mass is 32.1. The number of hydrogen-bond acceptors (Lipinski definition) is 5. The number of carbonyl (C=O) groups excluding carboxylic acids is 2. The van der Waals surface area contributed by atoms with Crippen LogP contribution in [-0.2, 0) is 12.8 Å². The van der Waals surface area contributed by atoms with Crippen LogP contribution in [0, 0.1) is 11.3 Å². The summed E-state index contributed by atoms with van der Waals surface area (Å²) in [4.78, 5) is 32.5. The molecule has 1 aliphatic heterocycles. The fraction of sp³-hybridized carbons (Fsp3) is 0.565. The van der Waals surface area contributed by atoms with E-state index in [1.165, 1.54) is 21.8 Å². The second-order valence-electron chi connectivity index (χ2n) is 9.54. The van der Waals surface area contributed by atoms with Gasteiger partial charge < -0.3 is 15.1 Å². The van der Waals surface area contributed by atoms with Crippen molar-refractivity contribution in [3.05, 3.63) is 38.4 Å². The van der Waals surface area contributed by atoms with E-state index < -0.39 is 0 Å². The summed E-state index contributed by atoms with van der Waals surface area (Å²) in [5.41, 5.74) is 2.16. The average Bonchev–Trinajstić information content (AvgIpc) is 3.34. The van der Waals surface area contributed by atoms with Crippen LogP contribution >= 0.6 is 22.7 Å². The Hall–Kier alpha value is -1.70. The van der Waals surface area contributed by atoms with Crippen molar-refractivity contribution >= 4 is 39.5 Å². The first-order chi connectivity index (χ1) is 14.2. The van der Waals surface area contributed by atoms with Crippen molar-refractivity contribution in [3.8, 4) is 0 Å². The molecule has 0 bridgehead atoms. The van der Waals surface area contributed by atoms with Gasteiger partial charge in [0, 0.05) is 31.1 Å². The lowest BCUT2D eigenvalue weighted by Gasteiger charge is -2.35. The summed E-state index contributed by atoms with van der Waals surface area (Å²) < 4.78 is 0. The zero-order valence-corrected chi connectivity index (χ0v) is 19.9. The summed E-state index contributed by atoms with van der Waals surface area (Å²) in [6.45, 7) is 10.2. The standard InChI is InChI=1S/C23H31N3O2S2/c1-23(2,3)15-7-8-16-18(14-15)30-21(24-20(27)17-6-5-13-29-17)19(16)22(28)26-11-9-25(4)10-12-26/h5-6,13,15H,7-12,14H2,1-4H3,(H,24,27). The van der Waals surface area contributed by atoms with Gasteiger partial charge in [-0.25, -0.2) is 0 Å². The highest BCUT2D eigenvalue weighted by Crippen LogP contribution is 2.44. The molecule has 5 nitrogen and oxygen atoms in total. The van der Waals surface area contributed by atoms with Crippen LogP contribution in [0.25, 0.3) is 0 Å². The Labute approximate surface area is 187 Å². The van der Waals surface area contributed by atoms with E-state index in [4.69, 9.17) is 0 Å². The minimum Gasteiger partial charge on any atom is -0.336 e. The fourth-order valence-corrected chi connectivity index (χ4v) is 6.31. The molecule has 0 aromatic carbocycles. The molecule has 3 heterocycles. The Kier molecular flexibility index (Phi) is 6.06. The maximum Gasteiger partial charge on any atom is 0.266 e. The predicted molar refractivity (Wildman–Crippen MR) is 125 cm³/mol. The molecule has 30 heavy (non-hydrogen) atoms. The van der Waals surface area contributed by atoms with Crippen molar-refractivity contribution < 1.29 is 9.59 Å². The third kappa shape index (κ3) is 4.34. The van der Waals surface area contributed by atoms with Gasteiger partial charge in [0.15, 0.2) is 0 Å².